The van der Waals surface area contributed by atoms with E-state index >= 15 is 0 Å². The third-order valence-electron chi connectivity index (χ3n) is 3.81. The number of amides is 1. The highest BCUT2D eigenvalue weighted by atomic mass is 16.1. The van der Waals surface area contributed by atoms with Gasteiger partial charge in [-0.15, -0.1) is 0 Å². The van der Waals surface area contributed by atoms with Gasteiger partial charge in [0.15, 0.2) is 0 Å². The van der Waals surface area contributed by atoms with E-state index in [0.717, 1.165) is 36.3 Å². The highest BCUT2D eigenvalue weighted by Crippen LogP contribution is 2.34. The van der Waals surface area contributed by atoms with E-state index in [4.69, 9.17) is 11.5 Å². The van der Waals surface area contributed by atoms with Crippen LogP contribution < -0.4 is 16.4 Å². The van der Waals surface area contributed by atoms with Gasteiger partial charge in [-0.05, 0) is 12.0 Å². The van der Waals surface area contributed by atoms with Crippen molar-refractivity contribution in [3.63, 3.8) is 0 Å². The second-order valence-corrected chi connectivity index (χ2v) is 5.31. The van der Waals surface area contributed by atoms with E-state index in [-0.39, 0.29) is 6.04 Å². The van der Waals surface area contributed by atoms with Crippen LogP contribution in [-0.2, 0) is 0 Å². The van der Waals surface area contributed by atoms with Gasteiger partial charge in [0, 0.05) is 37.1 Å². The first-order valence-corrected chi connectivity index (χ1v) is 7.00. The highest BCUT2D eigenvalue weighted by Gasteiger charge is 2.26. The van der Waals surface area contributed by atoms with Crippen LogP contribution in [0, 0.1) is 0 Å². The fourth-order valence-corrected chi connectivity index (χ4v) is 2.79. The predicted octanol–water partition coefficient (Wildman–Crippen LogP) is 1.38. The molecule has 108 valence electrons. The zero-order chi connectivity index (χ0) is 14.8. The zero-order valence-corrected chi connectivity index (χ0v) is 11.7. The van der Waals surface area contributed by atoms with Gasteiger partial charge in [-0.2, -0.15) is 0 Å². The average molecular weight is 282 g/mol. The van der Waals surface area contributed by atoms with E-state index in [1.807, 2.05) is 30.3 Å². The maximum atomic E-state index is 11.8. The summed E-state index contributed by atoms with van der Waals surface area (Å²) >= 11 is 0. The quantitative estimate of drug-likeness (QED) is 0.890. The lowest BCUT2D eigenvalue weighted by Gasteiger charge is -2.24. The number of hydrogen-bond acceptors (Lipinski definition) is 4. The number of nitrogens with zero attached hydrogens (tertiary/aromatic N) is 2. The van der Waals surface area contributed by atoms with Crippen LogP contribution in [0.3, 0.4) is 0 Å². The summed E-state index contributed by atoms with van der Waals surface area (Å²) in [5.41, 5.74) is 14.8. The maximum Gasteiger partial charge on any atom is 0.252 e. The fourth-order valence-electron chi connectivity index (χ4n) is 2.79. The lowest BCUT2D eigenvalue weighted by atomic mass is 10.0. The van der Waals surface area contributed by atoms with Gasteiger partial charge in [-0.1, -0.05) is 30.3 Å². The molecule has 0 spiro atoms. The molecule has 0 bridgehead atoms. The first-order valence-electron chi connectivity index (χ1n) is 7.00. The molecule has 0 radical (unpaired) electrons. The number of nitrogens with two attached hydrogens (primary N) is 2. The molecule has 1 fully saturated rings. The minimum absolute atomic E-state index is 0.127. The molecule has 4 N–H and O–H groups in total. The van der Waals surface area contributed by atoms with Gasteiger partial charge in [-0.3, -0.25) is 9.78 Å². The van der Waals surface area contributed by atoms with Gasteiger partial charge in [0.2, 0.25) is 0 Å². The predicted molar refractivity (Wildman–Crippen MR) is 83.0 cm³/mol. The van der Waals surface area contributed by atoms with E-state index in [0.29, 0.717) is 5.56 Å². The van der Waals surface area contributed by atoms with Crippen molar-refractivity contribution in [3.05, 3.63) is 48.3 Å². The smallest absolute Gasteiger partial charge is 0.252 e. The summed E-state index contributed by atoms with van der Waals surface area (Å²) in [5.74, 6) is -0.462. The molecule has 1 atom stereocenters. The highest BCUT2D eigenvalue weighted by molar-refractivity contribution is 6.02. The van der Waals surface area contributed by atoms with Crippen LogP contribution in [0.2, 0.25) is 0 Å². The van der Waals surface area contributed by atoms with Crippen molar-refractivity contribution < 1.29 is 4.79 Å². The number of aromatic nitrogens is 1. The van der Waals surface area contributed by atoms with Crippen molar-refractivity contribution in [3.8, 4) is 11.1 Å². The Kier molecular flexibility index (Phi) is 3.58. The molecule has 1 saturated heterocycles. The van der Waals surface area contributed by atoms with Gasteiger partial charge < -0.3 is 16.4 Å². The minimum Gasteiger partial charge on any atom is -0.369 e. The van der Waals surface area contributed by atoms with Crippen LogP contribution in [-0.4, -0.2) is 30.0 Å². The lowest BCUT2D eigenvalue weighted by Crippen LogP contribution is -2.29. The molecular weight excluding hydrogens is 264 g/mol. The molecule has 5 nitrogen and oxygen atoms in total. The number of carbonyl (C=O) groups excluding carboxylic acids is 1. The molecule has 1 aliphatic rings. The average Bonchev–Trinajstić information content (AvgIpc) is 2.93. The van der Waals surface area contributed by atoms with Crippen molar-refractivity contribution in [1.29, 1.82) is 0 Å². The van der Waals surface area contributed by atoms with Crippen molar-refractivity contribution in [2.24, 2.45) is 11.5 Å². The van der Waals surface area contributed by atoms with Crippen LogP contribution >= 0.6 is 0 Å². The topological polar surface area (TPSA) is 85.2 Å². The third-order valence-corrected chi connectivity index (χ3v) is 3.81. The summed E-state index contributed by atoms with van der Waals surface area (Å²) in [5, 5.41) is 0. The molecule has 2 aromatic rings. The molecule has 21 heavy (non-hydrogen) atoms. The number of rotatable bonds is 3. The summed E-state index contributed by atoms with van der Waals surface area (Å²) < 4.78 is 0. The molecule has 5 heteroatoms. The Morgan fingerprint density at radius 3 is 2.62 bits per heavy atom. The zero-order valence-electron chi connectivity index (χ0n) is 11.7. The number of primary amides is 1. The van der Waals surface area contributed by atoms with Crippen molar-refractivity contribution in [1.82, 2.24) is 4.98 Å². The summed E-state index contributed by atoms with van der Waals surface area (Å²) in [4.78, 5) is 18.1. The van der Waals surface area contributed by atoms with E-state index in [1.165, 1.54) is 6.20 Å². The Morgan fingerprint density at radius 2 is 2.00 bits per heavy atom. The Morgan fingerprint density at radius 1 is 1.24 bits per heavy atom. The van der Waals surface area contributed by atoms with Gasteiger partial charge in [-0.25, -0.2) is 0 Å². The third kappa shape index (κ3) is 2.60. The summed E-state index contributed by atoms with van der Waals surface area (Å²) in [6.45, 7) is 1.55. The molecular formula is C16H18N4O. The van der Waals surface area contributed by atoms with Crippen molar-refractivity contribution in [2.45, 2.75) is 12.5 Å². The summed E-state index contributed by atoms with van der Waals surface area (Å²) in [6, 6.07) is 10.0. The van der Waals surface area contributed by atoms with E-state index in [2.05, 4.69) is 9.88 Å². The first kappa shape index (κ1) is 13.6. The normalized spacial score (nSPS) is 18.0. The van der Waals surface area contributed by atoms with Crippen molar-refractivity contribution >= 4 is 11.6 Å². The Bertz CT molecular complexity index is 657. The maximum absolute atomic E-state index is 11.8. The van der Waals surface area contributed by atoms with E-state index < -0.39 is 5.91 Å². The molecule has 1 aliphatic heterocycles. The van der Waals surface area contributed by atoms with E-state index in [9.17, 15) is 4.79 Å². The Hall–Kier alpha value is -2.40. The molecule has 1 aromatic heterocycles. The monoisotopic (exact) mass is 282 g/mol. The minimum atomic E-state index is -0.462. The van der Waals surface area contributed by atoms with Crippen LogP contribution in [0.15, 0.2) is 42.7 Å². The molecule has 1 amide bonds. The van der Waals surface area contributed by atoms with Gasteiger partial charge >= 0.3 is 0 Å². The second kappa shape index (κ2) is 5.54. The van der Waals surface area contributed by atoms with Crippen LogP contribution in [0.4, 0.5) is 5.69 Å². The Balaban J connectivity index is 2.16. The largest absolute Gasteiger partial charge is 0.369 e. The van der Waals surface area contributed by atoms with Gasteiger partial charge in [0.25, 0.3) is 5.91 Å². The van der Waals surface area contributed by atoms with Gasteiger partial charge in [0.1, 0.15) is 0 Å². The number of hydrogen-bond donors (Lipinski definition) is 2. The van der Waals surface area contributed by atoms with E-state index in [1.54, 1.807) is 6.20 Å². The van der Waals surface area contributed by atoms with Crippen LogP contribution in [0.1, 0.15) is 16.8 Å². The number of carbonyl (C=O) groups is 1. The second-order valence-electron chi connectivity index (χ2n) is 5.31. The molecule has 0 saturated carbocycles. The SMILES string of the molecule is NC(=O)c1cncc(-c2ccccc2)c1N1CCC(N)C1. The van der Waals surface area contributed by atoms with Crippen LogP contribution in [0.5, 0.6) is 0 Å². The van der Waals surface area contributed by atoms with Crippen LogP contribution in [0.25, 0.3) is 11.1 Å². The molecule has 3 rings (SSSR count). The summed E-state index contributed by atoms with van der Waals surface area (Å²) in [7, 11) is 0. The number of benzene rings is 1. The summed E-state index contributed by atoms with van der Waals surface area (Å²) in [6.07, 6.45) is 4.23. The molecule has 1 unspecified atom stereocenters. The fraction of sp³-hybridized carbons (Fsp3) is 0.250. The molecule has 2 heterocycles. The molecule has 1 aromatic carbocycles. The first-order chi connectivity index (χ1) is 10.2. The standard InChI is InChI=1S/C16H18N4O/c17-12-6-7-20(10-12)15-13(11-4-2-1-3-5-11)8-19-9-14(15)16(18)21/h1-5,8-9,12H,6-7,10,17H2,(H2,18,21). The molecule has 0 aliphatic carbocycles. The van der Waals surface area contributed by atoms with Gasteiger partial charge in [0.05, 0.1) is 11.3 Å². The van der Waals surface area contributed by atoms with Crippen molar-refractivity contribution in [2.75, 3.05) is 18.0 Å². The number of pyridine rings is 1. The Labute approximate surface area is 123 Å². The number of anilines is 1. The lowest BCUT2D eigenvalue weighted by molar-refractivity contribution is 0.100.